The molecule has 35 heavy (non-hydrogen) atoms. The van der Waals surface area contributed by atoms with Gasteiger partial charge in [-0.15, -0.1) is 0 Å². The van der Waals surface area contributed by atoms with Gasteiger partial charge in [0.05, 0.1) is 18.5 Å². The Balaban J connectivity index is 1.23. The van der Waals surface area contributed by atoms with Crippen molar-refractivity contribution in [2.24, 2.45) is 5.92 Å². The van der Waals surface area contributed by atoms with Gasteiger partial charge in [-0.2, -0.15) is 5.10 Å². The highest BCUT2D eigenvalue weighted by Gasteiger charge is 2.23. The fourth-order valence-corrected chi connectivity index (χ4v) is 4.69. The second kappa shape index (κ2) is 10.5. The van der Waals surface area contributed by atoms with Crippen molar-refractivity contribution in [1.82, 2.24) is 24.5 Å². The molecule has 0 spiro atoms. The fraction of sp³-hybridized carbons (Fsp3) is 0.333. The van der Waals surface area contributed by atoms with Crippen molar-refractivity contribution < 1.29 is 9.53 Å². The van der Waals surface area contributed by atoms with Gasteiger partial charge in [0.15, 0.2) is 5.65 Å². The number of nitrogens with zero attached hydrogens (tertiary/aromatic N) is 5. The summed E-state index contributed by atoms with van der Waals surface area (Å²) >= 11 is 0. The van der Waals surface area contributed by atoms with Crippen LogP contribution < -0.4 is 10.1 Å². The van der Waals surface area contributed by atoms with Crippen molar-refractivity contribution in [2.45, 2.75) is 32.2 Å². The van der Waals surface area contributed by atoms with Crippen molar-refractivity contribution in [2.75, 3.05) is 25.5 Å². The minimum absolute atomic E-state index is 0.0678. The normalized spacial score (nSPS) is 16.1. The van der Waals surface area contributed by atoms with Crippen LogP contribution in [0.25, 0.3) is 5.65 Å². The molecule has 4 aromatic rings. The molecule has 8 heteroatoms. The topological polar surface area (TPSA) is 84.7 Å². The Kier molecular flexibility index (Phi) is 6.88. The van der Waals surface area contributed by atoms with Crippen LogP contribution in [0.5, 0.6) is 5.75 Å². The van der Waals surface area contributed by atoms with Crippen LogP contribution in [0.2, 0.25) is 0 Å². The summed E-state index contributed by atoms with van der Waals surface area (Å²) in [5.74, 6) is 1.29. The van der Waals surface area contributed by atoms with Crippen LogP contribution in [0.15, 0.2) is 67.3 Å². The molecule has 1 aromatic carbocycles. The minimum Gasteiger partial charge on any atom is -0.495 e. The van der Waals surface area contributed by atoms with Gasteiger partial charge in [-0.05, 0) is 79.6 Å². The van der Waals surface area contributed by atoms with E-state index in [1.807, 2.05) is 52.0 Å². The Morgan fingerprint density at radius 3 is 2.83 bits per heavy atom. The standard InChI is InChI=1S/C27H30N6O2/c1-35-25-6-4-22(18-24(25)30-19-21-8-11-28-12-9-21)27(34)32-14-2-3-20(10-15-32)17-23-5-7-26-29-13-16-33(26)31-23/h4-9,11-13,16,18,20,30H,2-3,10,14-15,17,19H2,1H3/t20-/m1/s1. The van der Waals surface area contributed by atoms with Gasteiger partial charge in [0.25, 0.3) is 5.91 Å². The van der Waals surface area contributed by atoms with Gasteiger partial charge in [0, 0.05) is 50.0 Å². The molecule has 3 aromatic heterocycles. The zero-order valence-corrected chi connectivity index (χ0v) is 19.9. The van der Waals surface area contributed by atoms with E-state index in [1.165, 1.54) is 0 Å². The summed E-state index contributed by atoms with van der Waals surface area (Å²) in [5, 5.41) is 8.08. The molecule has 4 heterocycles. The van der Waals surface area contributed by atoms with E-state index in [-0.39, 0.29) is 5.91 Å². The Labute approximate surface area is 205 Å². The number of carbonyl (C=O) groups is 1. The summed E-state index contributed by atoms with van der Waals surface area (Å²) in [5.41, 5.74) is 4.53. The lowest BCUT2D eigenvalue weighted by molar-refractivity contribution is 0.0760. The number of rotatable bonds is 7. The number of methoxy groups -OCH3 is 1. The molecule has 0 unspecified atom stereocenters. The Hall–Kier alpha value is -3.94. The predicted molar refractivity (Wildman–Crippen MR) is 134 cm³/mol. The van der Waals surface area contributed by atoms with E-state index in [1.54, 1.807) is 25.7 Å². The molecule has 5 rings (SSSR count). The van der Waals surface area contributed by atoms with E-state index in [9.17, 15) is 4.79 Å². The molecule has 1 atom stereocenters. The average Bonchev–Trinajstić information content (AvgIpc) is 3.25. The van der Waals surface area contributed by atoms with Crippen LogP contribution in [0, 0.1) is 5.92 Å². The third-order valence-corrected chi connectivity index (χ3v) is 6.62. The van der Waals surface area contributed by atoms with Crippen molar-refractivity contribution >= 4 is 17.2 Å². The van der Waals surface area contributed by atoms with E-state index in [4.69, 9.17) is 4.74 Å². The first kappa shape index (κ1) is 22.8. The number of carbonyl (C=O) groups excluding carboxylic acids is 1. The number of hydrogen-bond donors (Lipinski definition) is 1. The minimum atomic E-state index is 0.0678. The number of anilines is 1. The highest BCUT2D eigenvalue weighted by Crippen LogP contribution is 2.28. The van der Waals surface area contributed by atoms with Crippen LogP contribution in [-0.2, 0) is 13.0 Å². The summed E-state index contributed by atoms with van der Waals surface area (Å²) in [7, 11) is 1.64. The number of fused-ring (bicyclic) bond motifs is 1. The number of ether oxygens (including phenoxy) is 1. The van der Waals surface area contributed by atoms with Gasteiger partial charge in [0.2, 0.25) is 0 Å². The van der Waals surface area contributed by atoms with Crippen LogP contribution >= 0.6 is 0 Å². The number of aromatic nitrogens is 4. The molecule has 180 valence electrons. The maximum Gasteiger partial charge on any atom is 0.253 e. The molecule has 0 aliphatic carbocycles. The lowest BCUT2D eigenvalue weighted by Crippen LogP contribution is -2.32. The Morgan fingerprint density at radius 1 is 1.09 bits per heavy atom. The van der Waals surface area contributed by atoms with Crippen LogP contribution in [0.3, 0.4) is 0 Å². The molecule has 0 bridgehead atoms. The predicted octanol–water partition coefficient (Wildman–Crippen LogP) is 4.23. The van der Waals surface area contributed by atoms with Gasteiger partial charge < -0.3 is 15.0 Å². The maximum atomic E-state index is 13.4. The summed E-state index contributed by atoms with van der Waals surface area (Å²) in [6.45, 7) is 2.15. The summed E-state index contributed by atoms with van der Waals surface area (Å²) in [6, 6.07) is 13.6. The van der Waals surface area contributed by atoms with E-state index in [0.717, 1.165) is 61.4 Å². The first-order valence-corrected chi connectivity index (χ1v) is 12.1. The summed E-state index contributed by atoms with van der Waals surface area (Å²) < 4.78 is 7.34. The second-order valence-electron chi connectivity index (χ2n) is 8.97. The molecule has 1 aliphatic rings. The Morgan fingerprint density at radius 2 is 1.97 bits per heavy atom. The highest BCUT2D eigenvalue weighted by molar-refractivity contribution is 5.95. The van der Waals surface area contributed by atoms with Crippen molar-refractivity contribution in [3.63, 3.8) is 0 Å². The summed E-state index contributed by atoms with van der Waals surface area (Å²) in [6.07, 6.45) is 11.2. The second-order valence-corrected chi connectivity index (χ2v) is 8.97. The largest absolute Gasteiger partial charge is 0.495 e. The lowest BCUT2D eigenvalue weighted by Gasteiger charge is -2.22. The molecule has 1 N–H and O–H groups in total. The van der Waals surface area contributed by atoms with Crippen molar-refractivity contribution in [1.29, 1.82) is 0 Å². The lowest BCUT2D eigenvalue weighted by atomic mass is 9.95. The third-order valence-electron chi connectivity index (χ3n) is 6.62. The monoisotopic (exact) mass is 470 g/mol. The van der Waals surface area contributed by atoms with Gasteiger partial charge in [-0.3, -0.25) is 9.78 Å². The van der Waals surface area contributed by atoms with Crippen molar-refractivity contribution in [3.8, 4) is 5.75 Å². The molecule has 1 fully saturated rings. The van der Waals surface area contributed by atoms with E-state index in [0.29, 0.717) is 23.8 Å². The van der Waals surface area contributed by atoms with Gasteiger partial charge in [0.1, 0.15) is 5.75 Å². The van der Waals surface area contributed by atoms with Crippen LogP contribution in [-0.4, -0.2) is 50.6 Å². The molecule has 1 amide bonds. The SMILES string of the molecule is COc1ccc(C(=O)N2CCC[C@@H](Cc3ccc4nccn4n3)CC2)cc1NCc1ccncc1. The first-order chi connectivity index (χ1) is 17.2. The highest BCUT2D eigenvalue weighted by atomic mass is 16.5. The number of amides is 1. The average molecular weight is 471 g/mol. The number of nitrogens with one attached hydrogen (secondary N) is 1. The van der Waals surface area contributed by atoms with E-state index < -0.39 is 0 Å². The number of pyridine rings is 1. The quantitative estimate of drug-likeness (QED) is 0.435. The van der Waals surface area contributed by atoms with E-state index >= 15 is 0 Å². The number of hydrogen-bond acceptors (Lipinski definition) is 6. The molecule has 1 aliphatic heterocycles. The smallest absolute Gasteiger partial charge is 0.253 e. The summed E-state index contributed by atoms with van der Waals surface area (Å²) in [4.78, 5) is 23.7. The molecule has 1 saturated heterocycles. The van der Waals surface area contributed by atoms with Gasteiger partial charge >= 0.3 is 0 Å². The van der Waals surface area contributed by atoms with Crippen molar-refractivity contribution in [3.05, 3.63) is 84.1 Å². The zero-order chi connectivity index (χ0) is 24.0. The molecule has 0 radical (unpaired) electrons. The molecule has 0 saturated carbocycles. The first-order valence-electron chi connectivity index (χ1n) is 12.1. The van der Waals surface area contributed by atoms with E-state index in [2.05, 4.69) is 26.4 Å². The fourth-order valence-electron chi connectivity index (χ4n) is 4.69. The number of likely N-dealkylation sites (tertiary alicyclic amines) is 1. The molecule has 8 nitrogen and oxygen atoms in total. The maximum absolute atomic E-state index is 13.4. The number of imidazole rings is 1. The third kappa shape index (κ3) is 5.42. The Bertz CT molecular complexity index is 1290. The zero-order valence-electron chi connectivity index (χ0n) is 19.9. The molecular formula is C27H30N6O2. The van der Waals surface area contributed by atoms with Crippen LogP contribution in [0.4, 0.5) is 5.69 Å². The van der Waals surface area contributed by atoms with Crippen LogP contribution in [0.1, 0.15) is 40.9 Å². The molecular weight excluding hydrogens is 440 g/mol. The van der Waals surface area contributed by atoms with Gasteiger partial charge in [-0.25, -0.2) is 9.50 Å². The number of benzene rings is 1. The van der Waals surface area contributed by atoms with Gasteiger partial charge in [-0.1, -0.05) is 0 Å².